The number of alkyl halides is 5. The Kier molecular flexibility index (Phi) is 3.10. The van der Waals surface area contributed by atoms with Gasteiger partial charge in [-0.3, -0.25) is 4.79 Å². The molecule has 0 spiro atoms. The molecule has 2 nitrogen and oxygen atoms in total. The molecule has 1 fully saturated rings. The molecular formula is C6H6BrCl2F2NO. The van der Waals surface area contributed by atoms with Gasteiger partial charge in [-0.05, 0) is 22.4 Å². The molecule has 0 heterocycles. The van der Waals surface area contributed by atoms with Gasteiger partial charge in [0, 0.05) is 0 Å². The first-order chi connectivity index (χ1) is 5.72. The van der Waals surface area contributed by atoms with Crippen molar-refractivity contribution in [3.05, 3.63) is 0 Å². The van der Waals surface area contributed by atoms with E-state index in [0.717, 1.165) is 0 Å². The van der Waals surface area contributed by atoms with Gasteiger partial charge in [0.15, 0.2) is 0 Å². The lowest BCUT2D eigenvalue weighted by Crippen LogP contribution is -2.34. The fraction of sp³-hybridized carbons (Fsp3) is 0.833. The van der Waals surface area contributed by atoms with Crippen LogP contribution in [0.5, 0.6) is 0 Å². The molecule has 1 rings (SSSR count). The van der Waals surface area contributed by atoms with Crippen molar-refractivity contribution in [3.63, 3.8) is 0 Å². The SMILES string of the molecule is O=C(NCC(F)(F)Br)C1CC1(Cl)Cl. The summed E-state index contributed by atoms with van der Waals surface area (Å²) in [5, 5.41) is 2.04. The highest BCUT2D eigenvalue weighted by Gasteiger charge is 2.56. The Morgan fingerprint density at radius 2 is 2.15 bits per heavy atom. The fourth-order valence-corrected chi connectivity index (χ4v) is 1.46. The molecule has 0 saturated heterocycles. The van der Waals surface area contributed by atoms with E-state index in [0.29, 0.717) is 6.42 Å². The summed E-state index contributed by atoms with van der Waals surface area (Å²) in [5.74, 6) is -1.10. The van der Waals surface area contributed by atoms with Crippen molar-refractivity contribution >= 4 is 45.0 Å². The summed E-state index contributed by atoms with van der Waals surface area (Å²) in [4.78, 5) is 7.95. The van der Waals surface area contributed by atoms with Crippen molar-refractivity contribution in [2.45, 2.75) is 15.6 Å². The highest BCUT2D eigenvalue weighted by molar-refractivity contribution is 9.10. The molecule has 0 aliphatic heterocycles. The zero-order valence-electron chi connectivity index (χ0n) is 6.29. The molecule has 0 aromatic heterocycles. The van der Waals surface area contributed by atoms with Crippen LogP contribution in [0.2, 0.25) is 0 Å². The highest BCUT2D eigenvalue weighted by Crippen LogP contribution is 2.53. The zero-order chi connectivity index (χ0) is 10.3. The molecule has 13 heavy (non-hydrogen) atoms. The molecule has 7 heteroatoms. The Labute approximate surface area is 92.1 Å². The van der Waals surface area contributed by atoms with Gasteiger partial charge in [-0.1, -0.05) is 0 Å². The first-order valence-corrected chi connectivity index (χ1v) is 4.99. The lowest BCUT2D eigenvalue weighted by molar-refractivity contribution is -0.123. The molecule has 1 atom stereocenters. The zero-order valence-corrected chi connectivity index (χ0v) is 9.39. The van der Waals surface area contributed by atoms with Gasteiger partial charge < -0.3 is 5.32 Å². The van der Waals surface area contributed by atoms with Crippen LogP contribution in [0.25, 0.3) is 0 Å². The molecule has 76 valence electrons. The van der Waals surface area contributed by atoms with E-state index < -0.39 is 27.5 Å². The number of carbonyl (C=O) groups excluding carboxylic acids is 1. The maximum atomic E-state index is 12.2. The standard InChI is InChI=1S/C6H6BrCl2F2NO/c7-6(10,11)2-12-4(13)3-1-5(3,8)9/h3H,1-2H2,(H,12,13). The van der Waals surface area contributed by atoms with E-state index in [1.807, 2.05) is 5.32 Å². The molecule has 0 aromatic carbocycles. The fourth-order valence-electron chi connectivity index (χ4n) is 0.808. The lowest BCUT2D eigenvalue weighted by Gasteiger charge is -2.09. The highest BCUT2D eigenvalue weighted by atomic mass is 79.9. The molecule has 0 aromatic rings. The number of carbonyl (C=O) groups is 1. The van der Waals surface area contributed by atoms with Crippen molar-refractivity contribution in [2.24, 2.45) is 5.92 Å². The van der Waals surface area contributed by atoms with E-state index in [-0.39, 0.29) is 0 Å². The summed E-state index contributed by atoms with van der Waals surface area (Å²) in [5.41, 5.74) is 0. The van der Waals surface area contributed by atoms with Gasteiger partial charge in [-0.15, -0.1) is 23.2 Å². The van der Waals surface area contributed by atoms with E-state index in [1.54, 1.807) is 0 Å². The van der Waals surface area contributed by atoms with Gasteiger partial charge in [-0.25, -0.2) is 0 Å². The summed E-state index contributed by atoms with van der Waals surface area (Å²) in [6, 6.07) is 0. The normalized spacial score (nSPS) is 25.5. The van der Waals surface area contributed by atoms with E-state index in [1.165, 1.54) is 0 Å². The largest absolute Gasteiger partial charge is 0.349 e. The minimum Gasteiger partial charge on any atom is -0.349 e. The summed E-state index contributed by atoms with van der Waals surface area (Å²) in [7, 11) is 0. The Morgan fingerprint density at radius 1 is 1.69 bits per heavy atom. The Morgan fingerprint density at radius 3 is 2.46 bits per heavy atom. The smallest absolute Gasteiger partial charge is 0.318 e. The quantitative estimate of drug-likeness (QED) is 0.796. The molecule has 1 saturated carbocycles. The summed E-state index contributed by atoms with van der Waals surface area (Å²) in [6.07, 6.45) is 0.315. The van der Waals surface area contributed by atoms with Crippen molar-refractivity contribution in [1.82, 2.24) is 5.32 Å². The van der Waals surface area contributed by atoms with Gasteiger partial charge in [0.05, 0.1) is 12.5 Å². The van der Waals surface area contributed by atoms with Crippen LogP contribution >= 0.6 is 39.1 Å². The second-order valence-electron chi connectivity index (χ2n) is 2.85. The van der Waals surface area contributed by atoms with E-state index in [2.05, 4.69) is 15.9 Å². The number of halogens is 5. The summed E-state index contributed by atoms with van der Waals surface area (Å²) < 4.78 is 23.3. The van der Waals surface area contributed by atoms with Crippen LogP contribution in [0.15, 0.2) is 0 Å². The predicted octanol–water partition coefficient (Wildman–Crippen LogP) is 2.28. The number of hydrogen-bond donors (Lipinski definition) is 1. The van der Waals surface area contributed by atoms with Crippen LogP contribution in [0, 0.1) is 5.92 Å². The van der Waals surface area contributed by atoms with Gasteiger partial charge in [0.2, 0.25) is 5.91 Å². The number of hydrogen-bond acceptors (Lipinski definition) is 1. The third-order valence-corrected chi connectivity index (χ3v) is 2.72. The van der Waals surface area contributed by atoms with Crippen molar-refractivity contribution in [1.29, 1.82) is 0 Å². The topological polar surface area (TPSA) is 29.1 Å². The van der Waals surface area contributed by atoms with Crippen LogP contribution in [0.1, 0.15) is 6.42 Å². The third kappa shape index (κ3) is 3.56. The summed E-state index contributed by atoms with van der Waals surface area (Å²) in [6.45, 7) is -0.758. The van der Waals surface area contributed by atoms with E-state index in [9.17, 15) is 13.6 Å². The molecule has 0 radical (unpaired) electrons. The molecule has 1 aliphatic rings. The van der Waals surface area contributed by atoms with Crippen LogP contribution in [0.3, 0.4) is 0 Å². The van der Waals surface area contributed by atoms with Crippen LogP contribution < -0.4 is 5.32 Å². The monoisotopic (exact) mass is 295 g/mol. The Bertz CT molecular complexity index is 231. The van der Waals surface area contributed by atoms with Crippen LogP contribution in [-0.4, -0.2) is 21.6 Å². The van der Waals surface area contributed by atoms with Gasteiger partial charge in [0.1, 0.15) is 4.33 Å². The van der Waals surface area contributed by atoms with E-state index in [4.69, 9.17) is 23.2 Å². The molecule has 1 aliphatic carbocycles. The molecular weight excluding hydrogens is 291 g/mol. The number of nitrogens with one attached hydrogen (secondary N) is 1. The first kappa shape index (κ1) is 11.5. The summed E-state index contributed by atoms with van der Waals surface area (Å²) >= 11 is 13.2. The van der Waals surface area contributed by atoms with Crippen molar-refractivity contribution in [3.8, 4) is 0 Å². The molecule has 1 N–H and O–H groups in total. The first-order valence-electron chi connectivity index (χ1n) is 3.45. The number of amides is 1. The predicted molar refractivity (Wildman–Crippen MR) is 49.4 cm³/mol. The molecule has 1 unspecified atom stereocenters. The Hall–Kier alpha value is 0.390. The van der Waals surface area contributed by atoms with Gasteiger partial charge in [-0.2, -0.15) is 8.78 Å². The van der Waals surface area contributed by atoms with Gasteiger partial charge >= 0.3 is 4.83 Å². The average molecular weight is 297 g/mol. The molecule has 0 bridgehead atoms. The average Bonchev–Trinajstić information content (AvgIpc) is 2.53. The maximum absolute atomic E-state index is 12.2. The van der Waals surface area contributed by atoms with Crippen molar-refractivity contribution < 1.29 is 13.6 Å². The van der Waals surface area contributed by atoms with Crippen molar-refractivity contribution in [2.75, 3.05) is 6.54 Å². The second kappa shape index (κ2) is 3.51. The second-order valence-corrected chi connectivity index (χ2v) is 5.55. The maximum Gasteiger partial charge on any atom is 0.318 e. The minimum atomic E-state index is -3.08. The van der Waals surface area contributed by atoms with E-state index >= 15 is 0 Å². The minimum absolute atomic E-state index is 0.315. The van der Waals surface area contributed by atoms with Gasteiger partial charge in [0.25, 0.3) is 0 Å². The van der Waals surface area contributed by atoms with Crippen LogP contribution in [0.4, 0.5) is 8.78 Å². The molecule has 1 amide bonds. The van der Waals surface area contributed by atoms with Crippen LogP contribution in [-0.2, 0) is 4.79 Å². The third-order valence-electron chi connectivity index (χ3n) is 1.61. The number of rotatable bonds is 3. The Balaban J connectivity index is 2.29. The lowest BCUT2D eigenvalue weighted by atomic mass is 10.4.